The number of methoxy groups -OCH3 is 1. The van der Waals surface area contributed by atoms with E-state index in [1.165, 1.54) is 23.5 Å². The molecule has 116 valence electrons. The lowest BCUT2D eigenvalue weighted by atomic mass is 9.92. The smallest absolute Gasteiger partial charge is 0.307 e. The molecule has 1 aliphatic rings. The predicted octanol–water partition coefficient (Wildman–Crippen LogP) is 1.43. The van der Waals surface area contributed by atoms with Gasteiger partial charge in [0.1, 0.15) is 5.75 Å². The minimum absolute atomic E-state index is 0.0212. The van der Waals surface area contributed by atoms with Gasteiger partial charge in [-0.3, -0.25) is 4.79 Å². The summed E-state index contributed by atoms with van der Waals surface area (Å²) in [5.41, 5.74) is 0. The molecule has 0 spiro atoms. The summed E-state index contributed by atoms with van der Waals surface area (Å²) < 4.78 is 31.5. The van der Waals surface area contributed by atoms with Gasteiger partial charge in [0, 0.05) is 13.1 Å². The molecule has 0 bridgehead atoms. The molecule has 1 fully saturated rings. The van der Waals surface area contributed by atoms with Crippen LogP contribution in [0, 0.1) is 11.8 Å². The number of carboxylic acids is 1. The molecular formula is C14H19NO5S. The molecule has 1 aromatic rings. The Kier molecular flexibility index (Phi) is 4.53. The van der Waals surface area contributed by atoms with Gasteiger partial charge in [0.2, 0.25) is 10.0 Å². The number of rotatable bonds is 4. The van der Waals surface area contributed by atoms with Crippen LogP contribution in [0.25, 0.3) is 0 Å². The molecule has 6 nitrogen and oxygen atoms in total. The van der Waals surface area contributed by atoms with Crippen LogP contribution in [-0.2, 0) is 14.8 Å². The van der Waals surface area contributed by atoms with Crippen molar-refractivity contribution in [3.05, 3.63) is 24.3 Å². The first kappa shape index (κ1) is 15.8. The number of hydrogen-bond donors (Lipinski definition) is 1. The van der Waals surface area contributed by atoms with E-state index in [2.05, 4.69) is 0 Å². The number of benzene rings is 1. The van der Waals surface area contributed by atoms with Crippen LogP contribution in [0.1, 0.15) is 13.3 Å². The number of hydrogen-bond acceptors (Lipinski definition) is 4. The number of carboxylic acid groups (broad SMARTS) is 1. The van der Waals surface area contributed by atoms with E-state index in [-0.39, 0.29) is 17.4 Å². The highest BCUT2D eigenvalue weighted by Gasteiger charge is 2.36. The Morgan fingerprint density at radius 1 is 1.29 bits per heavy atom. The molecule has 0 saturated carbocycles. The maximum atomic E-state index is 12.6. The SMILES string of the molecule is COc1ccc(S(=O)(=O)N2CC(C)CC(C(=O)O)C2)cc1. The van der Waals surface area contributed by atoms with Crippen molar-refractivity contribution in [1.82, 2.24) is 4.31 Å². The van der Waals surface area contributed by atoms with Gasteiger partial charge in [0.05, 0.1) is 17.9 Å². The molecule has 1 saturated heterocycles. The molecule has 0 radical (unpaired) electrons. The Hall–Kier alpha value is -1.60. The van der Waals surface area contributed by atoms with E-state index in [0.29, 0.717) is 18.7 Å². The summed E-state index contributed by atoms with van der Waals surface area (Å²) in [7, 11) is -2.16. The van der Waals surface area contributed by atoms with E-state index >= 15 is 0 Å². The third kappa shape index (κ3) is 3.36. The van der Waals surface area contributed by atoms with Crippen LogP contribution >= 0.6 is 0 Å². The van der Waals surface area contributed by atoms with E-state index in [1.54, 1.807) is 12.1 Å². The monoisotopic (exact) mass is 313 g/mol. The van der Waals surface area contributed by atoms with Gasteiger partial charge in [-0.15, -0.1) is 0 Å². The predicted molar refractivity (Wildman–Crippen MR) is 76.7 cm³/mol. The molecule has 2 unspecified atom stereocenters. The average Bonchev–Trinajstić information content (AvgIpc) is 2.46. The number of ether oxygens (including phenoxy) is 1. The van der Waals surface area contributed by atoms with Crippen LogP contribution in [0.3, 0.4) is 0 Å². The van der Waals surface area contributed by atoms with Crippen LogP contribution in [0.15, 0.2) is 29.2 Å². The number of piperidine rings is 1. The fourth-order valence-corrected chi connectivity index (χ4v) is 4.18. The third-order valence-corrected chi connectivity index (χ3v) is 5.52. The van der Waals surface area contributed by atoms with Gasteiger partial charge in [-0.2, -0.15) is 4.31 Å². The quantitative estimate of drug-likeness (QED) is 0.909. The zero-order valence-electron chi connectivity index (χ0n) is 12.0. The number of aliphatic carboxylic acids is 1. The molecule has 1 aromatic carbocycles. The van der Waals surface area contributed by atoms with E-state index in [9.17, 15) is 13.2 Å². The second-order valence-corrected chi connectivity index (χ2v) is 7.31. The normalized spacial score (nSPS) is 23.7. The Bertz CT molecular complexity index is 611. The van der Waals surface area contributed by atoms with Crippen molar-refractivity contribution in [1.29, 1.82) is 0 Å². The third-order valence-electron chi connectivity index (χ3n) is 3.67. The Morgan fingerprint density at radius 3 is 2.43 bits per heavy atom. The van der Waals surface area contributed by atoms with Crippen molar-refractivity contribution >= 4 is 16.0 Å². The molecule has 1 heterocycles. The molecule has 1 N–H and O–H groups in total. The molecule has 0 aliphatic carbocycles. The molecule has 0 amide bonds. The van der Waals surface area contributed by atoms with Crippen LogP contribution in [-0.4, -0.2) is 44.0 Å². The summed E-state index contributed by atoms with van der Waals surface area (Å²) in [6, 6.07) is 6.11. The molecule has 2 rings (SSSR count). The van der Waals surface area contributed by atoms with E-state index in [1.807, 2.05) is 6.92 Å². The van der Waals surface area contributed by atoms with Gasteiger partial charge in [0.25, 0.3) is 0 Å². The van der Waals surface area contributed by atoms with Crippen molar-refractivity contribution in [2.24, 2.45) is 11.8 Å². The Balaban J connectivity index is 2.26. The Morgan fingerprint density at radius 2 is 1.90 bits per heavy atom. The topological polar surface area (TPSA) is 83.9 Å². The van der Waals surface area contributed by atoms with Gasteiger partial charge >= 0.3 is 5.97 Å². The highest BCUT2D eigenvalue weighted by atomic mass is 32.2. The van der Waals surface area contributed by atoms with Crippen molar-refractivity contribution in [3.8, 4) is 5.75 Å². The summed E-state index contributed by atoms with van der Waals surface area (Å²) >= 11 is 0. The van der Waals surface area contributed by atoms with Crippen molar-refractivity contribution < 1.29 is 23.1 Å². The maximum absolute atomic E-state index is 12.6. The average molecular weight is 313 g/mol. The van der Waals surface area contributed by atoms with Gasteiger partial charge in [0.15, 0.2) is 0 Å². The van der Waals surface area contributed by atoms with Crippen molar-refractivity contribution in [2.45, 2.75) is 18.2 Å². The highest BCUT2D eigenvalue weighted by Crippen LogP contribution is 2.27. The Labute approximate surface area is 124 Å². The van der Waals surface area contributed by atoms with Crippen molar-refractivity contribution in [2.75, 3.05) is 20.2 Å². The molecular weight excluding hydrogens is 294 g/mol. The first-order valence-electron chi connectivity index (χ1n) is 6.71. The number of sulfonamides is 1. The summed E-state index contributed by atoms with van der Waals surface area (Å²) in [5.74, 6) is -1.00. The minimum Gasteiger partial charge on any atom is -0.497 e. The summed E-state index contributed by atoms with van der Waals surface area (Å²) in [6.45, 7) is 2.23. The van der Waals surface area contributed by atoms with E-state index in [4.69, 9.17) is 9.84 Å². The number of nitrogens with zero attached hydrogens (tertiary/aromatic N) is 1. The highest BCUT2D eigenvalue weighted by molar-refractivity contribution is 7.89. The second kappa shape index (κ2) is 6.03. The summed E-state index contributed by atoms with van der Waals surface area (Å²) in [4.78, 5) is 11.3. The van der Waals surface area contributed by atoms with E-state index < -0.39 is 21.9 Å². The second-order valence-electron chi connectivity index (χ2n) is 5.37. The fraction of sp³-hybridized carbons (Fsp3) is 0.500. The molecule has 2 atom stereocenters. The van der Waals surface area contributed by atoms with Gasteiger partial charge in [-0.1, -0.05) is 6.92 Å². The lowest BCUT2D eigenvalue weighted by molar-refractivity contribution is -0.143. The van der Waals surface area contributed by atoms with Gasteiger partial charge in [-0.05, 0) is 36.6 Å². The first-order chi connectivity index (χ1) is 9.84. The molecule has 21 heavy (non-hydrogen) atoms. The summed E-state index contributed by atoms with van der Waals surface area (Å²) in [5, 5.41) is 9.14. The van der Waals surface area contributed by atoms with Crippen LogP contribution in [0.2, 0.25) is 0 Å². The van der Waals surface area contributed by atoms with Crippen molar-refractivity contribution in [3.63, 3.8) is 0 Å². The fourth-order valence-electron chi connectivity index (χ4n) is 2.57. The van der Waals surface area contributed by atoms with E-state index in [0.717, 1.165) is 0 Å². The lowest BCUT2D eigenvalue weighted by Gasteiger charge is -2.33. The zero-order chi connectivity index (χ0) is 15.6. The molecule has 7 heteroatoms. The standard InChI is InChI=1S/C14H19NO5S/c1-10-7-11(14(16)17)9-15(8-10)21(18,19)13-5-3-12(20-2)4-6-13/h3-6,10-11H,7-9H2,1-2H3,(H,16,17). The van der Waals surface area contributed by atoms with Gasteiger partial charge < -0.3 is 9.84 Å². The lowest BCUT2D eigenvalue weighted by Crippen LogP contribution is -2.45. The first-order valence-corrected chi connectivity index (χ1v) is 8.15. The minimum atomic E-state index is -3.67. The number of carbonyl (C=O) groups is 1. The maximum Gasteiger partial charge on any atom is 0.307 e. The van der Waals surface area contributed by atoms with Crippen LogP contribution in [0.4, 0.5) is 0 Å². The van der Waals surface area contributed by atoms with Crippen LogP contribution < -0.4 is 4.74 Å². The summed E-state index contributed by atoms with van der Waals surface area (Å²) in [6.07, 6.45) is 0.504. The van der Waals surface area contributed by atoms with Gasteiger partial charge in [-0.25, -0.2) is 8.42 Å². The molecule has 1 aliphatic heterocycles. The molecule has 0 aromatic heterocycles. The van der Waals surface area contributed by atoms with Crippen LogP contribution in [0.5, 0.6) is 5.75 Å². The largest absolute Gasteiger partial charge is 0.497 e. The zero-order valence-corrected chi connectivity index (χ0v) is 12.8.